The maximum Gasteiger partial charge on any atom is 0.419 e. The first-order valence-corrected chi connectivity index (χ1v) is 7.23. The fraction of sp³-hybridized carbons (Fsp3) is 0.533. The van der Waals surface area contributed by atoms with Crippen LogP contribution in [0.1, 0.15) is 22.3 Å². The number of fused-ring (bicyclic) bond motifs is 1. The number of hydrogen-bond donors (Lipinski definition) is 1. The molecular weight excluding hydrogens is 300 g/mol. The minimum Gasteiger partial charge on any atom is -0.338 e. The van der Waals surface area contributed by atoms with Gasteiger partial charge in [-0.15, -0.1) is 0 Å². The van der Waals surface area contributed by atoms with Crippen LogP contribution in [0.4, 0.5) is 17.6 Å². The van der Waals surface area contributed by atoms with Gasteiger partial charge in [0.25, 0.3) is 5.91 Å². The Labute approximate surface area is 125 Å². The number of carbonyl (C=O) groups is 1. The fourth-order valence-electron chi connectivity index (χ4n) is 3.31. The molecule has 22 heavy (non-hydrogen) atoms. The number of alkyl halides is 3. The third kappa shape index (κ3) is 2.69. The molecule has 0 bridgehead atoms. The largest absolute Gasteiger partial charge is 0.419 e. The van der Waals surface area contributed by atoms with Crippen molar-refractivity contribution in [2.75, 3.05) is 26.2 Å². The lowest BCUT2D eigenvalue weighted by molar-refractivity contribution is -0.140. The van der Waals surface area contributed by atoms with E-state index in [4.69, 9.17) is 0 Å². The highest BCUT2D eigenvalue weighted by molar-refractivity contribution is 5.94. The average Bonchev–Trinajstić information content (AvgIpc) is 2.93. The van der Waals surface area contributed by atoms with Crippen molar-refractivity contribution in [1.82, 2.24) is 10.2 Å². The predicted octanol–water partition coefficient (Wildman–Crippen LogP) is 2.53. The van der Waals surface area contributed by atoms with E-state index >= 15 is 0 Å². The molecule has 2 aliphatic rings. The first-order chi connectivity index (χ1) is 10.4. The minimum absolute atomic E-state index is 0.298. The predicted molar refractivity (Wildman–Crippen MR) is 71.8 cm³/mol. The van der Waals surface area contributed by atoms with E-state index in [1.807, 2.05) is 0 Å². The number of piperidine rings is 1. The van der Waals surface area contributed by atoms with Gasteiger partial charge in [-0.05, 0) is 43.5 Å². The Morgan fingerprint density at radius 2 is 1.95 bits per heavy atom. The number of likely N-dealkylation sites (tertiary alicyclic amines) is 1. The molecule has 3 nitrogen and oxygen atoms in total. The maximum atomic E-state index is 14.1. The van der Waals surface area contributed by atoms with Crippen molar-refractivity contribution >= 4 is 5.91 Å². The molecule has 0 radical (unpaired) electrons. The summed E-state index contributed by atoms with van der Waals surface area (Å²) in [6.07, 6.45) is -4.01. The summed E-state index contributed by atoms with van der Waals surface area (Å²) in [4.78, 5) is 13.9. The second kappa shape index (κ2) is 5.53. The SMILES string of the molecule is O=C(c1cccc(C(F)(F)F)c1F)N1CCC2CNCC2C1. The number of halogens is 4. The van der Waals surface area contributed by atoms with Crippen LogP contribution in [0.3, 0.4) is 0 Å². The van der Waals surface area contributed by atoms with E-state index < -0.39 is 29.0 Å². The second-order valence-electron chi connectivity index (χ2n) is 5.88. The summed E-state index contributed by atoms with van der Waals surface area (Å²) in [5.74, 6) is -1.34. The van der Waals surface area contributed by atoms with Gasteiger partial charge in [-0.2, -0.15) is 13.2 Å². The molecule has 0 spiro atoms. The maximum absolute atomic E-state index is 14.1. The molecule has 1 amide bonds. The fourth-order valence-corrected chi connectivity index (χ4v) is 3.31. The van der Waals surface area contributed by atoms with Gasteiger partial charge in [-0.25, -0.2) is 4.39 Å². The van der Waals surface area contributed by atoms with Crippen molar-refractivity contribution in [3.8, 4) is 0 Å². The zero-order valence-electron chi connectivity index (χ0n) is 11.8. The first-order valence-electron chi connectivity index (χ1n) is 7.23. The molecule has 2 unspecified atom stereocenters. The number of nitrogens with zero attached hydrogens (tertiary/aromatic N) is 1. The van der Waals surface area contributed by atoms with E-state index in [1.54, 1.807) is 0 Å². The number of rotatable bonds is 1. The molecular formula is C15H16F4N2O. The van der Waals surface area contributed by atoms with Crippen LogP contribution < -0.4 is 5.32 Å². The summed E-state index contributed by atoms with van der Waals surface area (Å²) in [5, 5.41) is 3.24. The molecule has 1 aromatic rings. The van der Waals surface area contributed by atoms with Gasteiger partial charge in [-0.3, -0.25) is 4.79 Å². The van der Waals surface area contributed by atoms with Crippen molar-refractivity contribution in [2.24, 2.45) is 11.8 Å². The molecule has 2 atom stereocenters. The third-order valence-corrected chi connectivity index (χ3v) is 4.53. The van der Waals surface area contributed by atoms with Gasteiger partial charge in [0.1, 0.15) is 5.82 Å². The summed E-state index contributed by atoms with van der Waals surface area (Å²) >= 11 is 0. The lowest BCUT2D eigenvalue weighted by Crippen LogP contribution is -2.43. The number of nitrogens with one attached hydrogen (secondary N) is 1. The molecule has 0 saturated carbocycles. The van der Waals surface area contributed by atoms with Gasteiger partial charge in [0, 0.05) is 13.1 Å². The topological polar surface area (TPSA) is 32.3 Å². The Morgan fingerprint density at radius 3 is 2.68 bits per heavy atom. The van der Waals surface area contributed by atoms with Crippen LogP contribution in [0.2, 0.25) is 0 Å². The lowest BCUT2D eigenvalue weighted by atomic mass is 9.88. The van der Waals surface area contributed by atoms with E-state index in [2.05, 4.69) is 5.32 Å². The van der Waals surface area contributed by atoms with E-state index in [-0.39, 0.29) is 0 Å². The lowest BCUT2D eigenvalue weighted by Gasteiger charge is -2.34. The Hall–Kier alpha value is -1.63. The highest BCUT2D eigenvalue weighted by Gasteiger charge is 2.38. The molecule has 2 fully saturated rings. The Balaban J connectivity index is 1.83. The summed E-state index contributed by atoms with van der Waals surface area (Å²) in [6.45, 7) is 2.62. The Bertz CT molecular complexity index is 587. The van der Waals surface area contributed by atoms with Crippen molar-refractivity contribution in [3.05, 3.63) is 35.1 Å². The summed E-state index contributed by atoms with van der Waals surface area (Å²) < 4.78 is 52.3. The van der Waals surface area contributed by atoms with Crippen LogP contribution in [-0.4, -0.2) is 37.0 Å². The van der Waals surface area contributed by atoms with E-state index in [0.717, 1.165) is 31.6 Å². The minimum atomic E-state index is -4.80. The molecule has 2 saturated heterocycles. The molecule has 1 aromatic carbocycles. The molecule has 2 aliphatic heterocycles. The van der Waals surface area contributed by atoms with Gasteiger partial charge in [-0.1, -0.05) is 6.07 Å². The quantitative estimate of drug-likeness (QED) is 0.808. The summed E-state index contributed by atoms with van der Waals surface area (Å²) in [7, 11) is 0. The standard InChI is InChI=1S/C15H16F4N2O/c16-13-11(2-1-3-12(13)15(17,18)19)14(22)21-5-4-9-6-20-7-10(9)8-21/h1-3,9-10,20H,4-8H2. The van der Waals surface area contributed by atoms with Crippen molar-refractivity contribution in [3.63, 3.8) is 0 Å². The monoisotopic (exact) mass is 316 g/mol. The van der Waals surface area contributed by atoms with Gasteiger partial charge in [0.05, 0.1) is 11.1 Å². The van der Waals surface area contributed by atoms with Crippen molar-refractivity contribution in [2.45, 2.75) is 12.6 Å². The van der Waals surface area contributed by atoms with Crippen LogP contribution >= 0.6 is 0 Å². The molecule has 7 heteroatoms. The summed E-state index contributed by atoms with van der Waals surface area (Å²) in [5.41, 5.74) is -1.89. The smallest absolute Gasteiger partial charge is 0.338 e. The zero-order chi connectivity index (χ0) is 15.9. The van der Waals surface area contributed by atoms with Crippen LogP contribution in [0.15, 0.2) is 18.2 Å². The van der Waals surface area contributed by atoms with Crippen LogP contribution in [0, 0.1) is 17.7 Å². The van der Waals surface area contributed by atoms with E-state index in [1.165, 1.54) is 4.90 Å². The highest BCUT2D eigenvalue weighted by Crippen LogP contribution is 2.33. The van der Waals surface area contributed by atoms with Crippen LogP contribution in [-0.2, 0) is 6.18 Å². The molecule has 120 valence electrons. The number of amides is 1. The number of carbonyl (C=O) groups excluding carboxylic acids is 1. The van der Waals surface area contributed by atoms with Gasteiger partial charge in [0.2, 0.25) is 0 Å². The van der Waals surface area contributed by atoms with E-state index in [9.17, 15) is 22.4 Å². The van der Waals surface area contributed by atoms with Gasteiger partial charge in [0.15, 0.2) is 0 Å². The van der Waals surface area contributed by atoms with Crippen LogP contribution in [0.25, 0.3) is 0 Å². The third-order valence-electron chi connectivity index (χ3n) is 4.53. The Morgan fingerprint density at radius 1 is 1.23 bits per heavy atom. The van der Waals surface area contributed by atoms with E-state index in [0.29, 0.717) is 31.0 Å². The number of hydrogen-bond acceptors (Lipinski definition) is 2. The normalized spacial score (nSPS) is 25.2. The van der Waals surface area contributed by atoms with Crippen LogP contribution in [0.5, 0.6) is 0 Å². The average molecular weight is 316 g/mol. The second-order valence-corrected chi connectivity index (χ2v) is 5.88. The molecule has 0 aliphatic carbocycles. The molecule has 0 aromatic heterocycles. The van der Waals surface area contributed by atoms with Gasteiger partial charge < -0.3 is 10.2 Å². The zero-order valence-corrected chi connectivity index (χ0v) is 11.8. The molecule has 2 heterocycles. The molecule has 1 N–H and O–H groups in total. The first kappa shape index (κ1) is 15.3. The Kier molecular flexibility index (Phi) is 3.84. The highest BCUT2D eigenvalue weighted by atomic mass is 19.4. The van der Waals surface area contributed by atoms with Crippen molar-refractivity contribution < 1.29 is 22.4 Å². The summed E-state index contributed by atoms with van der Waals surface area (Å²) in [6, 6.07) is 2.84. The number of benzene rings is 1. The van der Waals surface area contributed by atoms with Crippen molar-refractivity contribution in [1.29, 1.82) is 0 Å². The van der Waals surface area contributed by atoms with Gasteiger partial charge >= 0.3 is 6.18 Å². The molecule has 3 rings (SSSR count).